The van der Waals surface area contributed by atoms with Crippen LogP contribution in [0.3, 0.4) is 0 Å². The van der Waals surface area contributed by atoms with Gasteiger partial charge in [0.05, 0.1) is 18.6 Å². The van der Waals surface area contributed by atoms with Gasteiger partial charge in [0.25, 0.3) is 5.91 Å². The van der Waals surface area contributed by atoms with Gasteiger partial charge in [0.2, 0.25) is 5.91 Å². The van der Waals surface area contributed by atoms with Gasteiger partial charge >= 0.3 is 11.9 Å². The molecule has 2 N–H and O–H groups in total. The molecule has 0 bridgehead atoms. The predicted octanol–water partition coefficient (Wildman–Crippen LogP) is 2.89. The molecule has 1 unspecified atom stereocenters. The van der Waals surface area contributed by atoms with Gasteiger partial charge in [0, 0.05) is 15.6 Å². The molecule has 176 valence electrons. The van der Waals surface area contributed by atoms with Crippen LogP contribution in [0.15, 0.2) is 70.1 Å². The maximum absolute atomic E-state index is 12.8. The highest BCUT2D eigenvalue weighted by Crippen LogP contribution is 2.45. The minimum absolute atomic E-state index is 0.0678. The lowest BCUT2D eigenvalue weighted by Crippen LogP contribution is -2.70. The third-order valence-electron chi connectivity index (χ3n) is 5.27. The normalized spacial score (nSPS) is 19.2. The first-order valence-corrected chi connectivity index (χ1v) is 12.4. The van der Waals surface area contributed by atoms with E-state index in [9.17, 15) is 24.3 Å². The third kappa shape index (κ3) is 4.97. The molecule has 2 heterocycles. The van der Waals surface area contributed by atoms with Gasteiger partial charge in [-0.05, 0) is 36.8 Å². The fraction of sp³-hybridized carbons (Fsp3) is 0.250. The molecule has 10 heteroatoms. The van der Waals surface area contributed by atoms with Crippen LogP contribution in [0.4, 0.5) is 0 Å². The Hall–Kier alpha value is -3.24. The smallest absolute Gasteiger partial charge is 0.353 e. The van der Waals surface area contributed by atoms with E-state index in [1.165, 1.54) is 28.4 Å². The molecule has 2 aromatic carbocycles. The first kappa shape index (κ1) is 23.9. The number of aliphatic carboxylic acids is 1. The third-order valence-corrected chi connectivity index (χ3v) is 7.82. The molecule has 2 amide bonds. The van der Waals surface area contributed by atoms with Crippen molar-refractivity contribution in [3.63, 3.8) is 0 Å². The predicted molar refractivity (Wildman–Crippen MR) is 128 cm³/mol. The number of rotatable bonds is 8. The summed E-state index contributed by atoms with van der Waals surface area (Å²) in [5, 5.41) is 12.1. The Morgan fingerprint density at radius 1 is 1.15 bits per heavy atom. The fourth-order valence-corrected chi connectivity index (χ4v) is 6.16. The van der Waals surface area contributed by atoms with E-state index in [0.29, 0.717) is 16.2 Å². The summed E-state index contributed by atoms with van der Waals surface area (Å²) < 4.78 is 4.97. The molecule has 0 aliphatic carbocycles. The van der Waals surface area contributed by atoms with Gasteiger partial charge in [0.1, 0.15) is 17.1 Å². The fourth-order valence-electron chi connectivity index (χ4n) is 3.69. The minimum atomic E-state index is -1.20. The van der Waals surface area contributed by atoms with Gasteiger partial charge in [-0.25, -0.2) is 9.59 Å². The average molecular weight is 499 g/mol. The molecule has 2 aliphatic heterocycles. The summed E-state index contributed by atoms with van der Waals surface area (Å²) in [5.74, 6) is -1.96. The quantitative estimate of drug-likeness (QED) is 0.422. The number of carbonyl (C=O) groups is 4. The summed E-state index contributed by atoms with van der Waals surface area (Å²) in [4.78, 5) is 51.6. The zero-order chi connectivity index (χ0) is 24.2. The van der Waals surface area contributed by atoms with Gasteiger partial charge in [0.15, 0.2) is 0 Å². The molecule has 4 rings (SSSR count). The van der Waals surface area contributed by atoms with Crippen molar-refractivity contribution in [2.45, 2.75) is 29.7 Å². The standard InChI is InChI=1S/C24H22N2O6S2/c1-2-32-24(31)15-8-10-16(11-9-15)34-17-13-33-22-19(21(28)26(22)20(17)23(29)30)25-18(27)12-14-6-4-3-5-7-14/h3-11,19,22H,2,12-13H2,1H3,(H,25,27)(H,29,30)/t19?,22-/m0/s1. The van der Waals surface area contributed by atoms with Crippen LogP contribution in [-0.4, -0.2) is 57.5 Å². The summed E-state index contributed by atoms with van der Waals surface area (Å²) in [6.07, 6.45) is 0.145. The molecule has 1 saturated heterocycles. The number of esters is 1. The number of hydrogen-bond acceptors (Lipinski definition) is 7. The van der Waals surface area contributed by atoms with E-state index in [2.05, 4.69) is 5.32 Å². The number of benzene rings is 2. The van der Waals surface area contributed by atoms with Crippen molar-refractivity contribution < 1.29 is 29.0 Å². The number of fused-ring (bicyclic) bond motifs is 1. The van der Waals surface area contributed by atoms with Gasteiger partial charge in [-0.15, -0.1) is 11.8 Å². The Morgan fingerprint density at radius 2 is 1.85 bits per heavy atom. The van der Waals surface area contributed by atoms with Crippen LogP contribution in [0, 0.1) is 0 Å². The van der Waals surface area contributed by atoms with Crippen molar-refractivity contribution in [3.05, 3.63) is 76.3 Å². The molecule has 2 aliphatic rings. The van der Waals surface area contributed by atoms with Gasteiger partial charge in [-0.2, -0.15) is 0 Å². The van der Waals surface area contributed by atoms with Crippen LogP contribution in [0.5, 0.6) is 0 Å². The second-order valence-electron chi connectivity index (χ2n) is 7.54. The summed E-state index contributed by atoms with van der Waals surface area (Å²) in [7, 11) is 0. The number of carboxylic acids is 1. The Bertz CT molecular complexity index is 1150. The van der Waals surface area contributed by atoms with E-state index in [1.807, 2.05) is 30.3 Å². The molecule has 0 saturated carbocycles. The Labute approximate surface area is 204 Å². The number of carboxylic acid groups (broad SMARTS) is 1. The molecule has 34 heavy (non-hydrogen) atoms. The van der Waals surface area contributed by atoms with Crippen molar-refractivity contribution in [3.8, 4) is 0 Å². The molecule has 2 atom stereocenters. The lowest BCUT2D eigenvalue weighted by atomic mass is 10.0. The minimum Gasteiger partial charge on any atom is -0.477 e. The number of thioether (sulfide) groups is 2. The van der Waals surface area contributed by atoms with Crippen molar-refractivity contribution in [1.82, 2.24) is 10.2 Å². The number of carbonyl (C=O) groups excluding carboxylic acids is 3. The van der Waals surface area contributed by atoms with E-state index in [4.69, 9.17) is 4.74 Å². The zero-order valence-electron chi connectivity index (χ0n) is 18.2. The van der Waals surface area contributed by atoms with Crippen LogP contribution in [0.1, 0.15) is 22.8 Å². The highest BCUT2D eigenvalue weighted by Gasteiger charge is 2.54. The number of nitrogens with zero attached hydrogens (tertiary/aromatic N) is 1. The molecule has 2 aromatic rings. The SMILES string of the molecule is CCOC(=O)c1ccc(SC2=C(C(=O)O)N3C(=O)C(NC(=O)Cc4ccccc4)[C@@H]3SC2)cc1. The lowest BCUT2D eigenvalue weighted by molar-refractivity contribution is -0.150. The Kier molecular flexibility index (Phi) is 7.28. The number of nitrogens with one attached hydrogen (secondary N) is 1. The molecule has 0 radical (unpaired) electrons. The summed E-state index contributed by atoms with van der Waals surface area (Å²) >= 11 is 2.65. The topological polar surface area (TPSA) is 113 Å². The van der Waals surface area contributed by atoms with Gasteiger partial charge in [-0.1, -0.05) is 42.1 Å². The summed E-state index contributed by atoms with van der Waals surface area (Å²) in [6, 6.07) is 15.1. The second-order valence-corrected chi connectivity index (χ2v) is 9.81. The van der Waals surface area contributed by atoms with Crippen LogP contribution < -0.4 is 5.32 Å². The van der Waals surface area contributed by atoms with Crippen LogP contribution in [0.25, 0.3) is 0 Å². The molecular weight excluding hydrogens is 476 g/mol. The highest BCUT2D eigenvalue weighted by atomic mass is 32.2. The largest absolute Gasteiger partial charge is 0.477 e. The van der Waals surface area contributed by atoms with E-state index in [1.54, 1.807) is 31.2 Å². The number of ether oxygens (including phenoxy) is 1. The van der Waals surface area contributed by atoms with Crippen molar-refractivity contribution >= 4 is 47.3 Å². The molecule has 8 nitrogen and oxygen atoms in total. The second kappa shape index (κ2) is 10.4. The highest BCUT2D eigenvalue weighted by molar-refractivity contribution is 8.06. The van der Waals surface area contributed by atoms with E-state index in [0.717, 1.165) is 10.5 Å². The molecule has 0 aromatic heterocycles. The maximum Gasteiger partial charge on any atom is 0.353 e. The maximum atomic E-state index is 12.8. The van der Waals surface area contributed by atoms with Crippen LogP contribution in [0.2, 0.25) is 0 Å². The molecular formula is C24H22N2O6S2. The van der Waals surface area contributed by atoms with Crippen molar-refractivity contribution in [2.75, 3.05) is 12.4 Å². The number of hydrogen-bond donors (Lipinski definition) is 2. The number of β-lactam (4-membered cyclic amide) rings is 1. The first-order valence-electron chi connectivity index (χ1n) is 10.6. The van der Waals surface area contributed by atoms with Crippen molar-refractivity contribution in [1.29, 1.82) is 0 Å². The molecule has 0 spiro atoms. The summed E-state index contributed by atoms with van der Waals surface area (Å²) in [6.45, 7) is 2.01. The van der Waals surface area contributed by atoms with Gasteiger partial charge in [-0.3, -0.25) is 14.5 Å². The van der Waals surface area contributed by atoms with Gasteiger partial charge < -0.3 is 15.2 Å². The number of amides is 2. The monoisotopic (exact) mass is 498 g/mol. The van der Waals surface area contributed by atoms with Crippen molar-refractivity contribution in [2.24, 2.45) is 0 Å². The average Bonchev–Trinajstić information content (AvgIpc) is 2.83. The first-order chi connectivity index (χ1) is 16.4. The zero-order valence-corrected chi connectivity index (χ0v) is 19.9. The van der Waals surface area contributed by atoms with Crippen LogP contribution in [-0.2, 0) is 25.5 Å². The van der Waals surface area contributed by atoms with E-state index < -0.39 is 29.3 Å². The Balaban J connectivity index is 1.45. The van der Waals surface area contributed by atoms with E-state index in [-0.39, 0.29) is 24.6 Å². The van der Waals surface area contributed by atoms with Crippen LogP contribution >= 0.6 is 23.5 Å². The molecule has 1 fully saturated rings. The summed E-state index contributed by atoms with van der Waals surface area (Å²) in [5.41, 5.74) is 1.17. The Morgan fingerprint density at radius 3 is 2.50 bits per heavy atom. The van der Waals surface area contributed by atoms with E-state index >= 15 is 0 Å². The lowest BCUT2D eigenvalue weighted by Gasteiger charge is -2.49.